The predicted octanol–water partition coefficient (Wildman–Crippen LogP) is 4.19. The fourth-order valence-electron chi connectivity index (χ4n) is 2.12. The number of hydrogen-bond donors (Lipinski definition) is 0. The number of alkyl halides is 3. The predicted molar refractivity (Wildman–Crippen MR) is 67.2 cm³/mol. The van der Waals surface area contributed by atoms with Crippen LogP contribution in [0.4, 0.5) is 13.2 Å². The molecule has 0 aliphatic carbocycles. The van der Waals surface area contributed by atoms with Gasteiger partial charge in [0.05, 0.1) is 5.52 Å². The van der Waals surface area contributed by atoms with Gasteiger partial charge in [0.2, 0.25) is 0 Å². The van der Waals surface area contributed by atoms with Crippen LogP contribution < -0.4 is 0 Å². The van der Waals surface area contributed by atoms with Crippen molar-refractivity contribution >= 4 is 16.8 Å². The SMILES string of the molecule is CCCCc1cc2ccccc2n1C(=O)C(F)(F)F. The Hall–Kier alpha value is -1.78. The molecule has 0 radical (unpaired) electrons. The zero-order chi connectivity index (χ0) is 14.0. The highest BCUT2D eigenvalue weighted by Gasteiger charge is 2.41. The van der Waals surface area contributed by atoms with Gasteiger partial charge in [0, 0.05) is 11.1 Å². The maximum atomic E-state index is 12.7. The first-order chi connectivity index (χ1) is 8.95. The third kappa shape index (κ3) is 2.64. The van der Waals surface area contributed by atoms with Crippen LogP contribution in [-0.4, -0.2) is 16.7 Å². The van der Waals surface area contributed by atoms with Gasteiger partial charge in [-0.3, -0.25) is 9.36 Å². The second kappa shape index (κ2) is 5.07. The Morgan fingerprint density at radius 2 is 1.95 bits per heavy atom. The summed E-state index contributed by atoms with van der Waals surface area (Å²) in [6, 6.07) is 8.29. The highest BCUT2D eigenvalue weighted by atomic mass is 19.4. The van der Waals surface area contributed by atoms with Crippen molar-refractivity contribution in [3.63, 3.8) is 0 Å². The molecule has 5 heteroatoms. The molecule has 19 heavy (non-hydrogen) atoms. The Balaban J connectivity index is 2.57. The van der Waals surface area contributed by atoms with E-state index in [2.05, 4.69) is 0 Å². The van der Waals surface area contributed by atoms with E-state index >= 15 is 0 Å². The Morgan fingerprint density at radius 3 is 2.58 bits per heavy atom. The molecule has 0 saturated heterocycles. The van der Waals surface area contributed by atoms with Gasteiger partial charge < -0.3 is 0 Å². The standard InChI is InChI=1S/C14H14F3NO/c1-2-3-7-11-9-10-6-4-5-8-12(10)18(11)13(19)14(15,16)17/h4-6,8-9H,2-3,7H2,1H3. The average Bonchev–Trinajstić information content (AvgIpc) is 2.72. The molecular weight excluding hydrogens is 255 g/mol. The largest absolute Gasteiger partial charge is 0.472 e. The number of carbonyl (C=O) groups excluding carboxylic acids is 1. The maximum Gasteiger partial charge on any atom is 0.472 e. The molecule has 0 amide bonds. The van der Waals surface area contributed by atoms with Crippen LogP contribution in [0.5, 0.6) is 0 Å². The zero-order valence-electron chi connectivity index (χ0n) is 10.5. The normalized spacial score (nSPS) is 12.0. The summed E-state index contributed by atoms with van der Waals surface area (Å²) in [6.45, 7) is 1.96. The number of aromatic nitrogens is 1. The fraction of sp³-hybridized carbons (Fsp3) is 0.357. The van der Waals surface area contributed by atoms with Crippen LogP contribution in [-0.2, 0) is 6.42 Å². The minimum atomic E-state index is -4.86. The van der Waals surface area contributed by atoms with Gasteiger partial charge >= 0.3 is 12.1 Å². The molecule has 1 aromatic carbocycles. The second-order valence-corrected chi connectivity index (χ2v) is 4.44. The molecule has 0 N–H and O–H groups in total. The molecule has 0 atom stereocenters. The number of unbranched alkanes of at least 4 members (excludes halogenated alkanes) is 1. The number of carbonyl (C=O) groups is 1. The fourth-order valence-corrected chi connectivity index (χ4v) is 2.12. The summed E-state index contributed by atoms with van der Waals surface area (Å²) in [6.07, 6.45) is -2.78. The van der Waals surface area contributed by atoms with Gasteiger partial charge in [0.1, 0.15) is 0 Å². The van der Waals surface area contributed by atoms with Crippen LogP contribution >= 0.6 is 0 Å². The summed E-state index contributed by atoms with van der Waals surface area (Å²) in [7, 11) is 0. The van der Waals surface area contributed by atoms with E-state index in [1.165, 1.54) is 6.07 Å². The van der Waals surface area contributed by atoms with Crippen LogP contribution in [0.15, 0.2) is 30.3 Å². The van der Waals surface area contributed by atoms with Crippen LogP contribution in [0.3, 0.4) is 0 Å². The van der Waals surface area contributed by atoms with Crippen LogP contribution in [0.1, 0.15) is 30.3 Å². The van der Waals surface area contributed by atoms with E-state index < -0.39 is 12.1 Å². The highest BCUT2D eigenvalue weighted by Crippen LogP contribution is 2.26. The van der Waals surface area contributed by atoms with Crippen LogP contribution in [0, 0.1) is 0 Å². The van der Waals surface area contributed by atoms with Crippen molar-refractivity contribution in [3.05, 3.63) is 36.0 Å². The van der Waals surface area contributed by atoms with Crippen molar-refractivity contribution in [2.45, 2.75) is 32.4 Å². The number of para-hydroxylation sites is 1. The van der Waals surface area contributed by atoms with E-state index in [4.69, 9.17) is 0 Å². The van der Waals surface area contributed by atoms with E-state index in [-0.39, 0.29) is 0 Å². The molecule has 0 aliphatic rings. The third-order valence-corrected chi connectivity index (χ3v) is 3.02. The monoisotopic (exact) mass is 269 g/mol. The smallest absolute Gasteiger partial charge is 0.276 e. The minimum absolute atomic E-state index is 0.316. The van der Waals surface area contributed by atoms with Gasteiger partial charge in [-0.1, -0.05) is 31.5 Å². The first-order valence-corrected chi connectivity index (χ1v) is 6.16. The Kier molecular flexibility index (Phi) is 3.64. The maximum absolute atomic E-state index is 12.7. The van der Waals surface area contributed by atoms with Crippen molar-refractivity contribution in [2.24, 2.45) is 0 Å². The lowest BCUT2D eigenvalue weighted by Gasteiger charge is -2.11. The number of halogens is 3. The van der Waals surface area contributed by atoms with Crippen LogP contribution in [0.25, 0.3) is 10.9 Å². The molecule has 2 nitrogen and oxygen atoms in total. The molecule has 0 aliphatic heterocycles. The molecule has 0 bridgehead atoms. The third-order valence-electron chi connectivity index (χ3n) is 3.02. The van der Waals surface area contributed by atoms with Crippen molar-refractivity contribution < 1.29 is 18.0 Å². The highest BCUT2D eigenvalue weighted by molar-refractivity contribution is 5.96. The molecule has 102 valence electrons. The van der Waals surface area contributed by atoms with Crippen molar-refractivity contribution in [1.82, 2.24) is 4.57 Å². The molecule has 0 saturated carbocycles. The van der Waals surface area contributed by atoms with Crippen molar-refractivity contribution in [2.75, 3.05) is 0 Å². The number of fused-ring (bicyclic) bond motifs is 1. The number of rotatable bonds is 3. The number of hydrogen-bond acceptors (Lipinski definition) is 1. The van der Waals surface area contributed by atoms with Gasteiger partial charge in [0.15, 0.2) is 0 Å². The van der Waals surface area contributed by atoms with Gasteiger partial charge in [-0.2, -0.15) is 13.2 Å². The van der Waals surface area contributed by atoms with Crippen molar-refractivity contribution in [3.8, 4) is 0 Å². The molecular formula is C14H14F3NO. The summed E-state index contributed by atoms with van der Waals surface area (Å²) in [5, 5.41) is 0.659. The van der Waals surface area contributed by atoms with E-state index in [1.54, 1.807) is 24.3 Å². The quantitative estimate of drug-likeness (QED) is 0.819. The Morgan fingerprint density at radius 1 is 1.26 bits per heavy atom. The molecule has 0 spiro atoms. The molecule has 2 aromatic rings. The average molecular weight is 269 g/mol. The number of nitrogens with zero attached hydrogens (tertiary/aromatic N) is 1. The van der Waals surface area contributed by atoms with E-state index in [0.717, 1.165) is 17.4 Å². The number of benzene rings is 1. The molecule has 1 heterocycles. The van der Waals surface area contributed by atoms with Gasteiger partial charge in [-0.25, -0.2) is 0 Å². The Bertz CT molecular complexity index is 598. The zero-order valence-corrected chi connectivity index (χ0v) is 10.5. The van der Waals surface area contributed by atoms with Gasteiger partial charge in [0.25, 0.3) is 0 Å². The molecule has 0 unspecified atom stereocenters. The summed E-state index contributed by atoms with van der Waals surface area (Å²) in [4.78, 5) is 11.6. The molecule has 2 rings (SSSR count). The van der Waals surface area contributed by atoms with E-state index in [9.17, 15) is 18.0 Å². The first-order valence-electron chi connectivity index (χ1n) is 6.16. The van der Waals surface area contributed by atoms with E-state index in [0.29, 0.717) is 23.0 Å². The summed E-state index contributed by atoms with van der Waals surface area (Å²) in [5.74, 6) is -1.82. The summed E-state index contributed by atoms with van der Waals surface area (Å²) < 4.78 is 38.8. The van der Waals surface area contributed by atoms with Gasteiger partial charge in [-0.05, 0) is 25.0 Å². The first kappa shape index (κ1) is 13.6. The lowest BCUT2D eigenvalue weighted by Crippen LogP contribution is -2.30. The lowest BCUT2D eigenvalue weighted by atomic mass is 10.2. The van der Waals surface area contributed by atoms with Crippen molar-refractivity contribution in [1.29, 1.82) is 0 Å². The molecule has 1 aromatic heterocycles. The van der Waals surface area contributed by atoms with Gasteiger partial charge in [-0.15, -0.1) is 0 Å². The molecule has 0 fully saturated rings. The lowest BCUT2D eigenvalue weighted by molar-refractivity contribution is -0.0944. The Labute approximate surface area is 108 Å². The topological polar surface area (TPSA) is 22.0 Å². The second-order valence-electron chi connectivity index (χ2n) is 4.44. The number of aryl methyl sites for hydroxylation is 1. The minimum Gasteiger partial charge on any atom is -0.276 e. The summed E-state index contributed by atoms with van der Waals surface area (Å²) in [5.41, 5.74) is 0.737. The summed E-state index contributed by atoms with van der Waals surface area (Å²) >= 11 is 0. The van der Waals surface area contributed by atoms with E-state index in [1.807, 2.05) is 6.92 Å². The van der Waals surface area contributed by atoms with Crippen LogP contribution in [0.2, 0.25) is 0 Å².